The fourth-order valence-electron chi connectivity index (χ4n) is 4.76. The molecule has 0 spiro atoms. The molecule has 0 saturated carbocycles. The molecule has 3 aliphatic rings. The SMILES string of the molecule is CCn1nc(C)cc1S(=O)(=O)N1C[C@H]2COCC[C@@]2(O)[C@@H]2COCC[C@@H]21. The Kier molecular flexibility index (Phi) is 4.63. The van der Waals surface area contributed by atoms with Crippen LogP contribution < -0.4 is 0 Å². The highest BCUT2D eigenvalue weighted by Gasteiger charge is 2.58. The minimum absolute atomic E-state index is 0.227. The zero-order valence-electron chi connectivity index (χ0n) is 15.3. The monoisotopic (exact) mass is 385 g/mol. The van der Waals surface area contributed by atoms with Crippen LogP contribution in [0.4, 0.5) is 0 Å². The lowest BCUT2D eigenvalue weighted by molar-refractivity contribution is -0.207. The summed E-state index contributed by atoms with van der Waals surface area (Å²) in [5.74, 6) is -0.471. The minimum Gasteiger partial charge on any atom is -0.389 e. The van der Waals surface area contributed by atoms with Gasteiger partial charge in [0.1, 0.15) is 0 Å². The second kappa shape index (κ2) is 6.56. The van der Waals surface area contributed by atoms with E-state index in [2.05, 4.69) is 5.10 Å². The number of hydrogen-bond acceptors (Lipinski definition) is 6. The van der Waals surface area contributed by atoms with E-state index < -0.39 is 15.6 Å². The van der Waals surface area contributed by atoms with Crippen LogP contribution in [0.15, 0.2) is 11.1 Å². The number of aryl methyl sites for hydroxylation is 2. The van der Waals surface area contributed by atoms with Gasteiger partial charge in [0.2, 0.25) is 0 Å². The van der Waals surface area contributed by atoms with Crippen molar-refractivity contribution in [2.24, 2.45) is 11.8 Å². The third-order valence-electron chi connectivity index (χ3n) is 6.14. The van der Waals surface area contributed by atoms with Gasteiger partial charge in [-0.2, -0.15) is 9.40 Å². The number of nitrogens with zero attached hydrogens (tertiary/aromatic N) is 3. The highest BCUT2D eigenvalue weighted by molar-refractivity contribution is 7.89. The van der Waals surface area contributed by atoms with Crippen LogP contribution in [0.3, 0.4) is 0 Å². The van der Waals surface area contributed by atoms with E-state index in [0.29, 0.717) is 51.5 Å². The van der Waals surface area contributed by atoms with Crippen molar-refractivity contribution in [3.63, 3.8) is 0 Å². The summed E-state index contributed by atoms with van der Waals surface area (Å²) in [5, 5.41) is 15.9. The molecule has 0 radical (unpaired) electrons. The van der Waals surface area contributed by atoms with Gasteiger partial charge in [-0.1, -0.05) is 0 Å². The van der Waals surface area contributed by atoms with Gasteiger partial charge < -0.3 is 14.6 Å². The van der Waals surface area contributed by atoms with Crippen molar-refractivity contribution in [2.75, 3.05) is 33.0 Å². The van der Waals surface area contributed by atoms with Crippen molar-refractivity contribution in [3.05, 3.63) is 11.8 Å². The maximum atomic E-state index is 13.5. The molecule has 1 aromatic heterocycles. The Balaban J connectivity index is 1.75. The van der Waals surface area contributed by atoms with E-state index >= 15 is 0 Å². The van der Waals surface area contributed by atoms with Gasteiger partial charge in [-0.3, -0.25) is 4.68 Å². The minimum atomic E-state index is -3.72. The lowest BCUT2D eigenvalue weighted by Crippen LogP contribution is -2.68. The van der Waals surface area contributed by atoms with E-state index in [0.717, 1.165) is 0 Å². The van der Waals surface area contributed by atoms with Crippen molar-refractivity contribution < 1.29 is 23.0 Å². The fourth-order valence-corrected chi connectivity index (χ4v) is 6.74. The van der Waals surface area contributed by atoms with Crippen LogP contribution in [0.2, 0.25) is 0 Å². The Hall–Kier alpha value is -1.00. The number of rotatable bonds is 3. The first-order valence-corrected chi connectivity index (χ1v) is 10.8. The standard InChI is InChI=1S/C17H27N3O5S/c1-3-19-16(8-12(2)18-19)26(22,23)20-9-13-10-25-7-5-17(13,21)14-11-24-6-4-15(14)20/h8,13-15,21H,3-7,9-11H2,1-2H3/t13-,14+,15-,17-/m0/s1. The molecule has 1 N–H and O–H groups in total. The van der Waals surface area contributed by atoms with E-state index in [1.54, 1.807) is 17.3 Å². The Labute approximate surface area is 154 Å². The molecule has 0 bridgehead atoms. The average molecular weight is 385 g/mol. The lowest BCUT2D eigenvalue weighted by Gasteiger charge is -2.56. The highest BCUT2D eigenvalue weighted by Crippen LogP contribution is 2.45. The van der Waals surface area contributed by atoms with Crippen LogP contribution >= 0.6 is 0 Å². The fraction of sp³-hybridized carbons (Fsp3) is 0.824. The number of sulfonamides is 1. The molecule has 1 aromatic rings. The van der Waals surface area contributed by atoms with Gasteiger partial charge in [0, 0.05) is 50.6 Å². The highest BCUT2D eigenvalue weighted by atomic mass is 32.2. The van der Waals surface area contributed by atoms with Gasteiger partial charge >= 0.3 is 0 Å². The molecule has 0 aromatic carbocycles. The molecule has 146 valence electrons. The molecular formula is C17H27N3O5S. The molecule has 3 aliphatic heterocycles. The summed E-state index contributed by atoms with van der Waals surface area (Å²) in [4.78, 5) is 0. The summed E-state index contributed by atoms with van der Waals surface area (Å²) in [6.45, 7) is 6.21. The van der Waals surface area contributed by atoms with Crippen molar-refractivity contribution in [1.82, 2.24) is 14.1 Å². The van der Waals surface area contributed by atoms with Crippen LogP contribution in [-0.2, 0) is 26.0 Å². The quantitative estimate of drug-likeness (QED) is 0.809. The van der Waals surface area contributed by atoms with Crippen LogP contribution in [0.1, 0.15) is 25.5 Å². The van der Waals surface area contributed by atoms with Crippen LogP contribution in [0, 0.1) is 18.8 Å². The summed E-state index contributed by atoms with van der Waals surface area (Å²) in [5.41, 5.74) is -0.237. The summed E-state index contributed by atoms with van der Waals surface area (Å²) in [6, 6.07) is 1.37. The predicted octanol–water partition coefficient (Wildman–Crippen LogP) is 0.388. The zero-order valence-corrected chi connectivity index (χ0v) is 16.1. The number of aliphatic hydroxyl groups is 1. The number of fused-ring (bicyclic) bond motifs is 3. The zero-order chi connectivity index (χ0) is 18.5. The van der Waals surface area contributed by atoms with E-state index in [-0.39, 0.29) is 29.4 Å². The van der Waals surface area contributed by atoms with Crippen LogP contribution in [0.25, 0.3) is 0 Å². The first-order valence-electron chi connectivity index (χ1n) is 9.32. The van der Waals surface area contributed by atoms with Crippen molar-refractivity contribution in [2.45, 2.75) is 49.9 Å². The van der Waals surface area contributed by atoms with E-state index in [1.165, 1.54) is 4.68 Å². The van der Waals surface area contributed by atoms with Crippen LogP contribution in [0.5, 0.6) is 0 Å². The summed E-state index contributed by atoms with van der Waals surface area (Å²) < 4.78 is 41.3. The van der Waals surface area contributed by atoms with E-state index in [9.17, 15) is 13.5 Å². The Morgan fingerprint density at radius 2 is 2.12 bits per heavy atom. The molecule has 0 amide bonds. The first kappa shape index (κ1) is 18.4. The van der Waals surface area contributed by atoms with Gasteiger partial charge in [0.15, 0.2) is 5.03 Å². The number of ether oxygens (including phenoxy) is 2. The van der Waals surface area contributed by atoms with E-state index in [4.69, 9.17) is 9.47 Å². The number of aromatic nitrogens is 2. The Bertz CT molecular complexity index is 779. The summed E-state index contributed by atoms with van der Waals surface area (Å²) in [6.07, 6.45) is 1.13. The van der Waals surface area contributed by atoms with Gasteiger partial charge in [0.25, 0.3) is 10.0 Å². The third-order valence-corrected chi connectivity index (χ3v) is 8.04. The maximum absolute atomic E-state index is 13.5. The molecule has 3 saturated heterocycles. The van der Waals surface area contributed by atoms with Gasteiger partial charge in [-0.25, -0.2) is 8.42 Å². The van der Waals surface area contributed by atoms with E-state index in [1.807, 2.05) is 6.92 Å². The second-order valence-electron chi connectivity index (χ2n) is 7.56. The van der Waals surface area contributed by atoms with Crippen LogP contribution in [-0.4, -0.2) is 72.2 Å². The molecule has 4 atom stereocenters. The number of piperidine rings is 1. The molecule has 8 nitrogen and oxygen atoms in total. The maximum Gasteiger partial charge on any atom is 0.260 e. The molecule has 0 unspecified atom stereocenters. The first-order chi connectivity index (χ1) is 12.4. The van der Waals surface area contributed by atoms with Gasteiger partial charge in [0.05, 0.1) is 24.5 Å². The second-order valence-corrected chi connectivity index (χ2v) is 9.40. The van der Waals surface area contributed by atoms with Gasteiger partial charge in [-0.05, 0) is 26.3 Å². The van der Waals surface area contributed by atoms with Crippen molar-refractivity contribution in [3.8, 4) is 0 Å². The van der Waals surface area contributed by atoms with Crippen molar-refractivity contribution in [1.29, 1.82) is 0 Å². The third kappa shape index (κ3) is 2.72. The van der Waals surface area contributed by atoms with Crippen molar-refractivity contribution >= 4 is 10.0 Å². The molecular weight excluding hydrogens is 358 g/mol. The molecule has 26 heavy (non-hydrogen) atoms. The smallest absolute Gasteiger partial charge is 0.260 e. The largest absolute Gasteiger partial charge is 0.389 e. The molecule has 4 rings (SSSR count). The topological polar surface area (TPSA) is 93.9 Å². The molecule has 0 aliphatic carbocycles. The lowest BCUT2D eigenvalue weighted by atomic mass is 9.67. The Morgan fingerprint density at radius 1 is 1.35 bits per heavy atom. The Morgan fingerprint density at radius 3 is 2.88 bits per heavy atom. The summed E-state index contributed by atoms with van der Waals surface area (Å²) >= 11 is 0. The normalized spacial score (nSPS) is 35.7. The number of hydrogen-bond donors (Lipinski definition) is 1. The van der Waals surface area contributed by atoms with Gasteiger partial charge in [-0.15, -0.1) is 0 Å². The summed E-state index contributed by atoms with van der Waals surface area (Å²) in [7, 11) is -3.72. The predicted molar refractivity (Wildman–Crippen MR) is 93.1 cm³/mol. The molecule has 4 heterocycles. The average Bonchev–Trinajstić information content (AvgIpc) is 3.03. The molecule has 9 heteroatoms. The molecule has 3 fully saturated rings.